The maximum Gasteiger partial charge on any atom is 0.328 e. The van der Waals surface area contributed by atoms with Crippen LogP contribution in [-0.2, 0) is 11.3 Å². The number of carbonyl (C=O) groups excluding carboxylic acids is 1. The van der Waals surface area contributed by atoms with Crippen molar-refractivity contribution in [2.24, 2.45) is 0 Å². The van der Waals surface area contributed by atoms with Crippen LogP contribution in [0.3, 0.4) is 0 Å². The minimum absolute atomic E-state index is 0.257. The van der Waals surface area contributed by atoms with E-state index >= 15 is 0 Å². The predicted molar refractivity (Wildman–Crippen MR) is 77.7 cm³/mol. The van der Waals surface area contributed by atoms with Crippen LogP contribution in [0.4, 0.5) is 0 Å². The normalized spacial score (nSPS) is 10.7. The SMILES string of the molecule is Cc1ccoc1C(=O)NCc1ccc(C=CC(=O)O)cc1. The number of aryl methyl sites for hydroxylation is 1. The summed E-state index contributed by atoms with van der Waals surface area (Å²) < 4.78 is 5.11. The number of amides is 1. The molecule has 0 radical (unpaired) electrons. The summed E-state index contributed by atoms with van der Waals surface area (Å²) in [6.07, 6.45) is 4.07. The fourth-order valence-electron chi connectivity index (χ4n) is 1.78. The molecule has 1 amide bonds. The van der Waals surface area contributed by atoms with E-state index in [4.69, 9.17) is 9.52 Å². The number of nitrogens with one attached hydrogen (secondary N) is 1. The monoisotopic (exact) mass is 285 g/mol. The van der Waals surface area contributed by atoms with Crippen LogP contribution in [0.2, 0.25) is 0 Å². The van der Waals surface area contributed by atoms with Gasteiger partial charge in [-0.25, -0.2) is 4.79 Å². The van der Waals surface area contributed by atoms with E-state index in [9.17, 15) is 9.59 Å². The smallest absolute Gasteiger partial charge is 0.328 e. The molecule has 0 saturated heterocycles. The van der Waals surface area contributed by atoms with E-state index in [2.05, 4.69) is 5.32 Å². The number of furan rings is 1. The molecule has 0 aliphatic heterocycles. The Morgan fingerprint density at radius 1 is 1.24 bits per heavy atom. The minimum atomic E-state index is -0.986. The van der Waals surface area contributed by atoms with Crippen molar-refractivity contribution in [2.45, 2.75) is 13.5 Å². The molecule has 2 rings (SSSR count). The van der Waals surface area contributed by atoms with Gasteiger partial charge in [-0.05, 0) is 30.2 Å². The number of hydrogen-bond donors (Lipinski definition) is 2. The van der Waals surface area contributed by atoms with Crippen LogP contribution in [0.25, 0.3) is 6.08 Å². The fraction of sp³-hybridized carbons (Fsp3) is 0.125. The van der Waals surface area contributed by atoms with E-state index in [0.29, 0.717) is 12.3 Å². The zero-order valence-corrected chi connectivity index (χ0v) is 11.5. The Morgan fingerprint density at radius 2 is 1.95 bits per heavy atom. The summed E-state index contributed by atoms with van der Waals surface area (Å²) in [5.74, 6) is -0.927. The van der Waals surface area contributed by atoms with Crippen LogP contribution >= 0.6 is 0 Å². The van der Waals surface area contributed by atoms with E-state index in [1.807, 2.05) is 19.1 Å². The molecule has 0 spiro atoms. The quantitative estimate of drug-likeness (QED) is 0.828. The first-order chi connectivity index (χ1) is 10.1. The predicted octanol–water partition coefficient (Wildman–Crippen LogP) is 2.62. The van der Waals surface area contributed by atoms with Crippen LogP contribution in [0.15, 0.2) is 47.1 Å². The Morgan fingerprint density at radius 3 is 2.52 bits per heavy atom. The van der Waals surface area contributed by atoms with Crippen molar-refractivity contribution in [3.8, 4) is 0 Å². The third kappa shape index (κ3) is 4.07. The number of benzene rings is 1. The second-order valence-corrected chi connectivity index (χ2v) is 4.53. The lowest BCUT2D eigenvalue weighted by molar-refractivity contribution is -0.131. The molecule has 5 heteroatoms. The van der Waals surface area contributed by atoms with Gasteiger partial charge in [0.25, 0.3) is 5.91 Å². The lowest BCUT2D eigenvalue weighted by Crippen LogP contribution is -2.22. The van der Waals surface area contributed by atoms with Crippen LogP contribution in [0, 0.1) is 6.92 Å². The molecule has 21 heavy (non-hydrogen) atoms. The Labute approximate surface area is 121 Å². The van der Waals surface area contributed by atoms with E-state index in [-0.39, 0.29) is 5.91 Å². The highest BCUT2D eigenvalue weighted by Crippen LogP contribution is 2.10. The Hall–Kier alpha value is -2.82. The molecule has 2 N–H and O–H groups in total. The lowest BCUT2D eigenvalue weighted by atomic mass is 10.1. The molecule has 0 fully saturated rings. The highest BCUT2D eigenvalue weighted by atomic mass is 16.4. The Bertz CT molecular complexity index is 668. The molecule has 0 saturated carbocycles. The first-order valence-electron chi connectivity index (χ1n) is 6.38. The van der Waals surface area contributed by atoms with E-state index in [1.165, 1.54) is 12.3 Å². The Kier molecular flexibility index (Phi) is 4.56. The van der Waals surface area contributed by atoms with Crippen molar-refractivity contribution >= 4 is 18.0 Å². The molecule has 0 aliphatic rings. The number of aliphatic carboxylic acids is 1. The van der Waals surface area contributed by atoms with Crippen molar-refractivity contribution in [3.63, 3.8) is 0 Å². The number of rotatable bonds is 5. The van der Waals surface area contributed by atoms with Gasteiger partial charge in [-0.2, -0.15) is 0 Å². The summed E-state index contributed by atoms with van der Waals surface area (Å²) in [7, 11) is 0. The first-order valence-corrected chi connectivity index (χ1v) is 6.38. The van der Waals surface area contributed by atoms with Crippen molar-refractivity contribution < 1.29 is 19.1 Å². The molecule has 0 bridgehead atoms. The van der Waals surface area contributed by atoms with Crippen molar-refractivity contribution in [1.82, 2.24) is 5.32 Å². The van der Waals surface area contributed by atoms with E-state index < -0.39 is 5.97 Å². The number of carboxylic acid groups (broad SMARTS) is 1. The van der Waals surface area contributed by atoms with Crippen LogP contribution in [0.1, 0.15) is 27.2 Å². The highest BCUT2D eigenvalue weighted by Gasteiger charge is 2.11. The maximum absolute atomic E-state index is 11.9. The largest absolute Gasteiger partial charge is 0.478 e. The van der Waals surface area contributed by atoms with Crippen LogP contribution < -0.4 is 5.32 Å². The molecule has 0 aliphatic carbocycles. The van der Waals surface area contributed by atoms with Gasteiger partial charge in [-0.1, -0.05) is 24.3 Å². The molecule has 0 unspecified atom stereocenters. The molecule has 5 nitrogen and oxygen atoms in total. The topological polar surface area (TPSA) is 79.5 Å². The summed E-state index contributed by atoms with van der Waals surface area (Å²) in [5, 5.41) is 11.3. The number of hydrogen-bond acceptors (Lipinski definition) is 3. The Balaban J connectivity index is 1.93. The highest BCUT2D eigenvalue weighted by molar-refractivity contribution is 5.92. The van der Waals surface area contributed by atoms with Crippen LogP contribution in [0.5, 0.6) is 0 Å². The molecule has 1 heterocycles. The van der Waals surface area contributed by atoms with Gasteiger partial charge in [0.2, 0.25) is 0 Å². The summed E-state index contributed by atoms with van der Waals surface area (Å²) >= 11 is 0. The van der Waals surface area contributed by atoms with Gasteiger partial charge in [0.05, 0.1) is 6.26 Å². The standard InChI is InChI=1S/C16H15NO4/c1-11-8-9-21-15(11)16(20)17-10-13-4-2-12(3-5-13)6-7-14(18)19/h2-9H,10H2,1H3,(H,17,20)(H,18,19). The van der Waals surface area contributed by atoms with Gasteiger partial charge in [-0.3, -0.25) is 4.79 Å². The molecule has 108 valence electrons. The van der Waals surface area contributed by atoms with Crippen molar-refractivity contribution in [3.05, 3.63) is 65.1 Å². The van der Waals surface area contributed by atoms with Gasteiger partial charge in [-0.15, -0.1) is 0 Å². The zero-order chi connectivity index (χ0) is 15.2. The van der Waals surface area contributed by atoms with Crippen molar-refractivity contribution in [2.75, 3.05) is 0 Å². The lowest BCUT2D eigenvalue weighted by Gasteiger charge is -2.04. The third-order valence-electron chi connectivity index (χ3n) is 2.92. The second-order valence-electron chi connectivity index (χ2n) is 4.53. The van der Waals surface area contributed by atoms with Crippen LogP contribution in [-0.4, -0.2) is 17.0 Å². The summed E-state index contributed by atoms with van der Waals surface area (Å²) in [5.41, 5.74) is 2.50. The van der Waals surface area contributed by atoms with Gasteiger partial charge in [0.1, 0.15) is 0 Å². The molecule has 1 aromatic heterocycles. The summed E-state index contributed by atoms with van der Waals surface area (Å²) in [4.78, 5) is 22.3. The zero-order valence-electron chi connectivity index (χ0n) is 11.5. The van der Waals surface area contributed by atoms with E-state index in [0.717, 1.165) is 22.8 Å². The second kappa shape index (κ2) is 6.56. The molecule has 0 atom stereocenters. The molecular formula is C16H15NO4. The number of carbonyl (C=O) groups is 2. The van der Waals surface area contributed by atoms with Gasteiger partial charge < -0.3 is 14.8 Å². The van der Waals surface area contributed by atoms with Gasteiger partial charge >= 0.3 is 5.97 Å². The average molecular weight is 285 g/mol. The molecule has 2 aromatic rings. The minimum Gasteiger partial charge on any atom is -0.478 e. The average Bonchev–Trinajstić information content (AvgIpc) is 2.90. The van der Waals surface area contributed by atoms with Gasteiger partial charge in [0, 0.05) is 18.2 Å². The van der Waals surface area contributed by atoms with E-state index in [1.54, 1.807) is 18.2 Å². The molecule has 1 aromatic carbocycles. The third-order valence-corrected chi connectivity index (χ3v) is 2.92. The van der Waals surface area contributed by atoms with Crippen molar-refractivity contribution in [1.29, 1.82) is 0 Å². The summed E-state index contributed by atoms with van der Waals surface area (Å²) in [6, 6.07) is 8.98. The first kappa shape index (κ1) is 14.6. The van der Waals surface area contributed by atoms with Gasteiger partial charge in [0.15, 0.2) is 5.76 Å². The fourth-order valence-corrected chi connectivity index (χ4v) is 1.78. The molecular weight excluding hydrogens is 270 g/mol. The summed E-state index contributed by atoms with van der Waals surface area (Å²) in [6.45, 7) is 2.18. The maximum atomic E-state index is 11.9. The number of carboxylic acids is 1.